The molecule has 3 rings (SSSR count). The lowest BCUT2D eigenvalue weighted by atomic mass is 10.2. The zero-order valence-corrected chi connectivity index (χ0v) is 14.5. The second-order valence-corrected chi connectivity index (χ2v) is 8.33. The first kappa shape index (κ1) is 15.7. The van der Waals surface area contributed by atoms with Crippen LogP contribution in [0.5, 0.6) is 0 Å². The normalized spacial score (nSPS) is 16.9. The van der Waals surface area contributed by atoms with Crippen LogP contribution < -0.4 is 4.90 Å². The van der Waals surface area contributed by atoms with E-state index in [0.717, 1.165) is 10.7 Å². The van der Waals surface area contributed by atoms with Gasteiger partial charge in [0.15, 0.2) is 5.13 Å². The molecule has 0 bridgehead atoms. The molecule has 0 aliphatic carbocycles. The number of aromatic nitrogens is 1. The molecule has 118 valence electrons. The Hall–Kier alpha value is -1.15. The number of hydrogen-bond donors (Lipinski definition) is 0. The van der Waals surface area contributed by atoms with Crippen molar-refractivity contribution < 1.29 is 8.42 Å². The summed E-state index contributed by atoms with van der Waals surface area (Å²) in [5, 5.41) is 3.14. The van der Waals surface area contributed by atoms with Crippen LogP contribution in [0.3, 0.4) is 0 Å². The van der Waals surface area contributed by atoms with Gasteiger partial charge < -0.3 is 4.90 Å². The number of aryl methyl sites for hydroxylation is 1. The summed E-state index contributed by atoms with van der Waals surface area (Å²) in [6.45, 7) is 4.03. The van der Waals surface area contributed by atoms with Crippen molar-refractivity contribution in [1.82, 2.24) is 9.29 Å². The predicted molar refractivity (Wildman–Crippen MR) is 89.3 cm³/mol. The number of nitrogens with zero attached hydrogens (tertiary/aromatic N) is 3. The maximum absolute atomic E-state index is 12.7. The lowest BCUT2D eigenvalue weighted by Gasteiger charge is -2.33. The number of thiazole rings is 1. The summed E-state index contributed by atoms with van der Waals surface area (Å²) >= 11 is 7.68. The van der Waals surface area contributed by atoms with Crippen molar-refractivity contribution >= 4 is 38.1 Å². The van der Waals surface area contributed by atoms with Gasteiger partial charge in [-0.25, -0.2) is 13.4 Å². The third-order valence-electron chi connectivity index (χ3n) is 3.63. The summed E-state index contributed by atoms with van der Waals surface area (Å²) in [4.78, 5) is 6.55. The van der Waals surface area contributed by atoms with E-state index in [1.165, 1.54) is 4.31 Å². The van der Waals surface area contributed by atoms with Crippen molar-refractivity contribution in [2.75, 3.05) is 31.1 Å². The first-order chi connectivity index (χ1) is 10.5. The van der Waals surface area contributed by atoms with Crippen molar-refractivity contribution in [2.24, 2.45) is 0 Å². The first-order valence-electron chi connectivity index (χ1n) is 6.89. The van der Waals surface area contributed by atoms with Gasteiger partial charge in [-0.1, -0.05) is 17.7 Å². The summed E-state index contributed by atoms with van der Waals surface area (Å²) in [5.74, 6) is 0. The van der Waals surface area contributed by atoms with Gasteiger partial charge in [0, 0.05) is 37.8 Å². The van der Waals surface area contributed by atoms with Crippen LogP contribution in [-0.4, -0.2) is 43.9 Å². The van der Waals surface area contributed by atoms with E-state index in [1.807, 2.05) is 12.3 Å². The minimum atomic E-state index is -3.54. The highest BCUT2D eigenvalue weighted by atomic mass is 35.5. The first-order valence-corrected chi connectivity index (χ1v) is 9.59. The molecule has 0 radical (unpaired) electrons. The van der Waals surface area contributed by atoms with Crippen LogP contribution in [0.2, 0.25) is 5.02 Å². The largest absolute Gasteiger partial charge is 0.345 e. The van der Waals surface area contributed by atoms with Crippen LogP contribution in [-0.2, 0) is 10.0 Å². The van der Waals surface area contributed by atoms with Gasteiger partial charge in [-0.3, -0.25) is 0 Å². The summed E-state index contributed by atoms with van der Waals surface area (Å²) in [5.41, 5.74) is 0.942. The van der Waals surface area contributed by atoms with Crippen molar-refractivity contribution in [3.05, 3.63) is 40.4 Å². The molecule has 0 N–H and O–H groups in total. The molecule has 0 atom stereocenters. The molecule has 0 saturated carbocycles. The lowest BCUT2D eigenvalue weighted by molar-refractivity contribution is 0.385. The maximum atomic E-state index is 12.7. The van der Waals surface area contributed by atoms with E-state index < -0.39 is 10.0 Å². The standard InChI is InChI=1S/C14H16ClN3O2S2/c1-11-2-3-13(12(15)10-11)22(19,20)18-7-5-17(6-8-18)14-16-4-9-21-14/h2-4,9-10H,5-8H2,1H3. The van der Waals surface area contributed by atoms with E-state index in [2.05, 4.69) is 9.88 Å². The number of halogens is 1. The Morgan fingerprint density at radius 3 is 2.55 bits per heavy atom. The number of piperazine rings is 1. The summed E-state index contributed by atoms with van der Waals surface area (Å²) < 4.78 is 26.9. The molecular formula is C14H16ClN3O2S2. The Bertz CT molecular complexity index is 754. The number of rotatable bonds is 3. The van der Waals surface area contributed by atoms with E-state index in [-0.39, 0.29) is 9.92 Å². The molecule has 1 aliphatic rings. The van der Waals surface area contributed by atoms with E-state index in [0.29, 0.717) is 26.2 Å². The molecule has 2 aromatic rings. The smallest absolute Gasteiger partial charge is 0.244 e. The molecule has 1 aromatic heterocycles. The molecule has 1 aliphatic heterocycles. The molecular weight excluding hydrogens is 342 g/mol. The van der Waals surface area contributed by atoms with Crippen molar-refractivity contribution in [3.63, 3.8) is 0 Å². The average Bonchev–Trinajstić information content (AvgIpc) is 3.01. The molecule has 0 unspecified atom stereocenters. The Morgan fingerprint density at radius 1 is 1.23 bits per heavy atom. The maximum Gasteiger partial charge on any atom is 0.244 e. The van der Waals surface area contributed by atoms with Crippen molar-refractivity contribution in [3.8, 4) is 0 Å². The van der Waals surface area contributed by atoms with E-state index in [4.69, 9.17) is 11.6 Å². The highest BCUT2D eigenvalue weighted by Crippen LogP contribution is 2.27. The molecule has 0 spiro atoms. The summed E-state index contributed by atoms with van der Waals surface area (Å²) in [7, 11) is -3.54. The van der Waals surface area contributed by atoms with Gasteiger partial charge in [0.1, 0.15) is 4.90 Å². The third-order valence-corrected chi connectivity index (χ3v) is 6.85. The van der Waals surface area contributed by atoms with Gasteiger partial charge in [0.2, 0.25) is 10.0 Å². The minimum Gasteiger partial charge on any atom is -0.345 e. The molecule has 1 saturated heterocycles. The number of benzene rings is 1. The number of hydrogen-bond acceptors (Lipinski definition) is 5. The van der Waals surface area contributed by atoms with Crippen molar-refractivity contribution in [1.29, 1.82) is 0 Å². The lowest BCUT2D eigenvalue weighted by Crippen LogP contribution is -2.48. The van der Waals surface area contributed by atoms with Crippen LogP contribution in [0.15, 0.2) is 34.7 Å². The molecule has 5 nitrogen and oxygen atoms in total. The zero-order valence-electron chi connectivity index (χ0n) is 12.1. The monoisotopic (exact) mass is 357 g/mol. The second kappa shape index (κ2) is 6.16. The van der Waals surface area contributed by atoms with E-state index in [9.17, 15) is 8.42 Å². The highest BCUT2D eigenvalue weighted by molar-refractivity contribution is 7.89. The highest BCUT2D eigenvalue weighted by Gasteiger charge is 2.30. The zero-order chi connectivity index (χ0) is 15.7. The van der Waals surface area contributed by atoms with Gasteiger partial charge in [-0.05, 0) is 24.6 Å². The van der Waals surface area contributed by atoms with Crippen LogP contribution in [0, 0.1) is 6.92 Å². The molecule has 22 heavy (non-hydrogen) atoms. The fourth-order valence-corrected chi connectivity index (χ4v) is 5.14. The predicted octanol–water partition coefficient (Wildman–Crippen LogP) is 2.62. The number of sulfonamides is 1. The average molecular weight is 358 g/mol. The fraction of sp³-hybridized carbons (Fsp3) is 0.357. The van der Waals surface area contributed by atoms with Crippen LogP contribution in [0.4, 0.5) is 5.13 Å². The van der Waals surface area contributed by atoms with Gasteiger partial charge in [-0.2, -0.15) is 4.31 Å². The minimum absolute atomic E-state index is 0.183. The van der Waals surface area contributed by atoms with Gasteiger partial charge in [-0.15, -0.1) is 11.3 Å². The summed E-state index contributed by atoms with van der Waals surface area (Å²) in [6.07, 6.45) is 1.76. The van der Waals surface area contributed by atoms with E-state index in [1.54, 1.807) is 35.7 Å². The van der Waals surface area contributed by atoms with Crippen molar-refractivity contribution in [2.45, 2.75) is 11.8 Å². The van der Waals surface area contributed by atoms with Gasteiger partial charge in [0.05, 0.1) is 5.02 Å². The molecule has 0 amide bonds. The molecule has 2 heterocycles. The quantitative estimate of drug-likeness (QED) is 0.847. The Labute approximate surface area is 139 Å². The second-order valence-electron chi connectivity index (χ2n) is 5.14. The summed E-state index contributed by atoms with van der Waals surface area (Å²) in [6, 6.07) is 5.03. The Morgan fingerprint density at radius 2 is 1.95 bits per heavy atom. The van der Waals surface area contributed by atoms with Crippen LogP contribution >= 0.6 is 22.9 Å². The van der Waals surface area contributed by atoms with Gasteiger partial charge in [0.25, 0.3) is 0 Å². The molecule has 1 fully saturated rings. The Balaban J connectivity index is 1.77. The van der Waals surface area contributed by atoms with Crippen LogP contribution in [0.25, 0.3) is 0 Å². The van der Waals surface area contributed by atoms with Gasteiger partial charge >= 0.3 is 0 Å². The Kier molecular flexibility index (Phi) is 4.40. The van der Waals surface area contributed by atoms with E-state index >= 15 is 0 Å². The fourth-order valence-electron chi connectivity index (χ4n) is 2.45. The number of anilines is 1. The third kappa shape index (κ3) is 2.99. The molecule has 8 heteroatoms. The van der Waals surface area contributed by atoms with Crippen LogP contribution in [0.1, 0.15) is 5.56 Å². The SMILES string of the molecule is Cc1ccc(S(=O)(=O)N2CCN(c3nccs3)CC2)c(Cl)c1. The molecule has 1 aromatic carbocycles. The topological polar surface area (TPSA) is 53.5 Å².